The molecule has 2 amide bonds. The molecule has 1 atom stereocenters. The van der Waals surface area contributed by atoms with E-state index in [1.165, 1.54) is 24.1 Å². The van der Waals surface area contributed by atoms with Gasteiger partial charge in [-0.15, -0.1) is 0 Å². The van der Waals surface area contributed by atoms with Gasteiger partial charge in [0.05, 0.1) is 11.4 Å². The average Bonchev–Trinajstić information content (AvgIpc) is 2.76. The summed E-state index contributed by atoms with van der Waals surface area (Å²) in [5.74, 6) is -0.662. The number of sulfonamides is 1. The van der Waals surface area contributed by atoms with Gasteiger partial charge in [-0.1, -0.05) is 55.0 Å². The molecule has 0 unspecified atom stereocenters. The minimum atomic E-state index is -3.85. The molecule has 1 N–H and O–H groups in total. The zero-order valence-electron chi connectivity index (χ0n) is 21.0. The highest BCUT2D eigenvalue weighted by molar-refractivity contribution is 7.89. The van der Waals surface area contributed by atoms with Crippen molar-refractivity contribution in [3.8, 4) is 0 Å². The van der Waals surface area contributed by atoms with Crippen LogP contribution in [0.2, 0.25) is 0 Å². The van der Waals surface area contributed by atoms with E-state index < -0.39 is 27.5 Å². The SMILES string of the molecule is CC[C@@H](C(=O)NC(C)(C)C)N(CCc1ccccc1)C(=O)CN(C)S(=O)(=O)c1ccc(C)cc1. The van der Waals surface area contributed by atoms with Crippen molar-refractivity contribution in [2.75, 3.05) is 20.1 Å². The monoisotopic (exact) mass is 487 g/mol. The molecule has 0 saturated heterocycles. The molecule has 0 heterocycles. The Labute approximate surface area is 204 Å². The van der Waals surface area contributed by atoms with E-state index in [0.29, 0.717) is 19.4 Å². The van der Waals surface area contributed by atoms with Crippen molar-refractivity contribution < 1.29 is 18.0 Å². The maximum Gasteiger partial charge on any atom is 0.243 e. The van der Waals surface area contributed by atoms with Crippen molar-refractivity contribution in [2.45, 2.75) is 63.9 Å². The molecule has 0 aromatic heterocycles. The Bertz CT molecular complexity index is 1060. The summed E-state index contributed by atoms with van der Waals surface area (Å²) in [6.07, 6.45) is 0.969. The number of rotatable bonds is 10. The number of nitrogens with one attached hydrogen (secondary N) is 1. The molecule has 0 saturated carbocycles. The van der Waals surface area contributed by atoms with Gasteiger partial charge in [0.2, 0.25) is 21.8 Å². The molecule has 0 fully saturated rings. The molecule has 0 aliphatic heterocycles. The van der Waals surface area contributed by atoms with Crippen LogP contribution in [-0.4, -0.2) is 61.2 Å². The van der Waals surface area contributed by atoms with E-state index >= 15 is 0 Å². The number of likely N-dealkylation sites (N-methyl/N-ethyl adjacent to an activating group) is 1. The van der Waals surface area contributed by atoms with Crippen LogP contribution >= 0.6 is 0 Å². The second kappa shape index (κ2) is 11.6. The summed E-state index contributed by atoms with van der Waals surface area (Å²) in [7, 11) is -2.46. The number of hydrogen-bond acceptors (Lipinski definition) is 4. The molecule has 8 heteroatoms. The number of aryl methyl sites for hydroxylation is 1. The summed E-state index contributed by atoms with van der Waals surface area (Å²) >= 11 is 0. The minimum absolute atomic E-state index is 0.127. The van der Waals surface area contributed by atoms with Crippen LogP contribution in [-0.2, 0) is 26.0 Å². The summed E-state index contributed by atoms with van der Waals surface area (Å²) in [5, 5.41) is 2.95. The van der Waals surface area contributed by atoms with E-state index in [1.807, 2.05) is 65.0 Å². The van der Waals surface area contributed by atoms with Crippen molar-refractivity contribution in [3.05, 3.63) is 65.7 Å². The van der Waals surface area contributed by atoms with Gasteiger partial charge in [-0.3, -0.25) is 9.59 Å². The van der Waals surface area contributed by atoms with Crippen LogP contribution < -0.4 is 5.32 Å². The molecular formula is C26H37N3O4S. The lowest BCUT2D eigenvalue weighted by molar-refractivity contribution is -0.141. The minimum Gasteiger partial charge on any atom is -0.350 e. The number of amides is 2. The van der Waals surface area contributed by atoms with Gasteiger partial charge in [-0.25, -0.2) is 8.42 Å². The van der Waals surface area contributed by atoms with Crippen LogP contribution in [0.4, 0.5) is 0 Å². The van der Waals surface area contributed by atoms with Crippen molar-refractivity contribution in [1.82, 2.24) is 14.5 Å². The van der Waals surface area contributed by atoms with Gasteiger partial charge < -0.3 is 10.2 Å². The molecule has 2 aromatic carbocycles. The zero-order chi connectivity index (χ0) is 25.5. The van der Waals surface area contributed by atoms with Crippen molar-refractivity contribution in [3.63, 3.8) is 0 Å². The fourth-order valence-corrected chi connectivity index (χ4v) is 4.73. The molecule has 186 valence electrons. The van der Waals surface area contributed by atoms with Gasteiger partial charge in [-0.2, -0.15) is 4.31 Å². The smallest absolute Gasteiger partial charge is 0.243 e. The predicted molar refractivity (Wildman–Crippen MR) is 135 cm³/mol. The normalized spacial score (nSPS) is 12.9. The molecule has 0 aliphatic rings. The lowest BCUT2D eigenvalue weighted by atomic mass is 10.1. The number of carbonyl (C=O) groups excluding carboxylic acids is 2. The van der Waals surface area contributed by atoms with E-state index in [-0.39, 0.29) is 17.3 Å². The van der Waals surface area contributed by atoms with Crippen LogP contribution in [0.25, 0.3) is 0 Å². The number of benzene rings is 2. The van der Waals surface area contributed by atoms with Crippen LogP contribution in [0.5, 0.6) is 0 Å². The maximum atomic E-state index is 13.4. The zero-order valence-corrected chi connectivity index (χ0v) is 21.9. The third-order valence-corrected chi connectivity index (χ3v) is 7.27. The maximum absolute atomic E-state index is 13.4. The first-order chi connectivity index (χ1) is 15.8. The molecule has 0 bridgehead atoms. The summed E-state index contributed by atoms with van der Waals surface area (Å²) < 4.78 is 27.1. The van der Waals surface area contributed by atoms with Crippen LogP contribution in [0.1, 0.15) is 45.2 Å². The van der Waals surface area contributed by atoms with Gasteiger partial charge in [0.25, 0.3) is 0 Å². The molecule has 7 nitrogen and oxygen atoms in total. The van der Waals surface area contributed by atoms with Crippen LogP contribution in [0.15, 0.2) is 59.5 Å². The molecular weight excluding hydrogens is 450 g/mol. The first-order valence-corrected chi connectivity index (χ1v) is 13.0. The summed E-state index contributed by atoms with van der Waals surface area (Å²) in [5.41, 5.74) is 1.52. The Morgan fingerprint density at radius 1 is 1.00 bits per heavy atom. The van der Waals surface area contributed by atoms with Gasteiger partial charge in [0, 0.05) is 19.1 Å². The lowest BCUT2D eigenvalue weighted by Crippen LogP contribution is -2.55. The molecule has 0 aliphatic carbocycles. The van der Waals surface area contributed by atoms with Gasteiger partial charge in [0.15, 0.2) is 0 Å². The van der Waals surface area contributed by atoms with Crippen LogP contribution in [0.3, 0.4) is 0 Å². The van der Waals surface area contributed by atoms with Gasteiger partial charge in [0.1, 0.15) is 6.04 Å². The van der Waals surface area contributed by atoms with E-state index in [2.05, 4.69) is 5.32 Å². The number of nitrogens with zero attached hydrogens (tertiary/aromatic N) is 2. The van der Waals surface area contributed by atoms with Crippen LogP contribution in [0, 0.1) is 6.92 Å². The third-order valence-electron chi connectivity index (χ3n) is 5.46. The Hall–Kier alpha value is -2.71. The molecule has 2 rings (SSSR count). The number of carbonyl (C=O) groups is 2. The van der Waals surface area contributed by atoms with E-state index in [0.717, 1.165) is 15.4 Å². The third kappa shape index (κ3) is 7.67. The Balaban J connectivity index is 2.27. The van der Waals surface area contributed by atoms with Crippen molar-refractivity contribution >= 4 is 21.8 Å². The standard InChI is InChI=1S/C26H37N3O4S/c1-7-23(25(31)27-26(3,4)5)29(18-17-21-11-9-8-10-12-21)24(30)19-28(6)34(32,33)22-15-13-20(2)14-16-22/h8-16,23H,7,17-19H2,1-6H3,(H,27,31)/t23-/m0/s1. The summed E-state index contributed by atoms with van der Waals surface area (Å²) in [6, 6.07) is 15.5. The largest absolute Gasteiger partial charge is 0.350 e. The molecule has 0 spiro atoms. The lowest BCUT2D eigenvalue weighted by Gasteiger charge is -2.34. The summed E-state index contributed by atoms with van der Waals surface area (Å²) in [6.45, 7) is 9.33. The highest BCUT2D eigenvalue weighted by Gasteiger charge is 2.32. The summed E-state index contributed by atoms with van der Waals surface area (Å²) in [4.78, 5) is 28.1. The second-order valence-corrected chi connectivity index (χ2v) is 11.6. The first-order valence-electron chi connectivity index (χ1n) is 11.5. The predicted octanol–water partition coefficient (Wildman–Crippen LogP) is 3.38. The van der Waals surface area contributed by atoms with E-state index in [9.17, 15) is 18.0 Å². The highest BCUT2D eigenvalue weighted by atomic mass is 32.2. The quantitative estimate of drug-likeness (QED) is 0.557. The molecule has 2 aromatic rings. The molecule has 0 radical (unpaired) electrons. The fourth-order valence-electron chi connectivity index (χ4n) is 3.61. The van der Waals surface area contributed by atoms with Crippen molar-refractivity contribution in [1.29, 1.82) is 0 Å². The van der Waals surface area contributed by atoms with Gasteiger partial charge >= 0.3 is 0 Å². The first kappa shape index (κ1) is 27.5. The molecule has 34 heavy (non-hydrogen) atoms. The van der Waals surface area contributed by atoms with E-state index in [4.69, 9.17) is 0 Å². The van der Waals surface area contributed by atoms with E-state index in [1.54, 1.807) is 12.1 Å². The Morgan fingerprint density at radius 3 is 2.12 bits per heavy atom. The topological polar surface area (TPSA) is 86.8 Å². The number of hydrogen-bond donors (Lipinski definition) is 1. The second-order valence-electron chi connectivity index (χ2n) is 9.56. The van der Waals surface area contributed by atoms with Crippen molar-refractivity contribution in [2.24, 2.45) is 0 Å². The van der Waals surface area contributed by atoms with Gasteiger partial charge in [-0.05, 0) is 58.2 Å². The average molecular weight is 488 g/mol. The Morgan fingerprint density at radius 2 is 1.59 bits per heavy atom. The Kier molecular flexibility index (Phi) is 9.41. The fraction of sp³-hybridized carbons (Fsp3) is 0.462. The highest BCUT2D eigenvalue weighted by Crippen LogP contribution is 2.17.